The maximum absolute atomic E-state index is 4.87. The Morgan fingerprint density at radius 1 is 0.611 bits per heavy atom. The summed E-state index contributed by atoms with van der Waals surface area (Å²) < 4.78 is 4.84. The highest BCUT2D eigenvalue weighted by Gasteiger charge is 2.09. The van der Waals surface area contributed by atoms with Gasteiger partial charge in [0.2, 0.25) is 0 Å². The Morgan fingerprint density at radius 2 is 1.19 bits per heavy atom. The predicted octanol–water partition coefficient (Wildman–Crippen LogP) is 3.65. The van der Waals surface area contributed by atoms with E-state index in [0.29, 0.717) is 6.54 Å². The summed E-state index contributed by atoms with van der Waals surface area (Å²) in [6.07, 6.45) is 8.51. The van der Waals surface area contributed by atoms with Gasteiger partial charge in [0.15, 0.2) is 0 Å². The van der Waals surface area contributed by atoms with Gasteiger partial charge in [0.1, 0.15) is 12.0 Å². The average molecular weight is 522 g/mol. The van der Waals surface area contributed by atoms with E-state index in [1.807, 2.05) is 0 Å². The van der Waals surface area contributed by atoms with E-state index < -0.39 is 0 Å². The molecular formula is C28H51N5O2S. The molecule has 0 atom stereocenters. The zero-order chi connectivity index (χ0) is 26.4. The van der Waals surface area contributed by atoms with Crippen LogP contribution in [0.25, 0.3) is 0 Å². The fraction of sp³-hybridized carbons (Fsp3) is 0.786. The standard InChI is InChI=1S/C28H51N5O2S/c1-5-9-13-14-15-28-36-35-34-31-19-16-18-30-21-25-33(23-12-8-4)27-26-32(22-11-7-3)24-20-29-17-10-6-2/h29-31H,6-8,10-12,16-27H2,1-4H3. The van der Waals surface area contributed by atoms with Crippen molar-refractivity contribution in [2.75, 3.05) is 72.0 Å². The molecule has 0 aromatic heterocycles. The minimum absolute atomic E-state index is 0.700. The minimum atomic E-state index is 0.700. The van der Waals surface area contributed by atoms with Crippen LogP contribution in [0, 0.1) is 34.9 Å². The molecule has 0 heterocycles. The molecule has 0 fully saturated rings. The molecule has 0 aliphatic carbocycles. The summed E-state index contributed by atoms with van der Waals surface area (Å²) in [7, 11) is 0. The van der Waals surface area contributed by atoms with Crippen molar-refractivity contribution >= 4 is 12.0 Å². The Labute approximate surface area is 226 Å². The molecule has 0 spiro atoms. The van der Waals surface area contributed by atoms with E-state index in [4.69, 9.17) is 9.32 Å². The quantitative estimate of drug-likeness (QED) is 0.0553. The van der Waals surface area contributed by atoms with Gasteiger partial charge in [-0.25, -0.2) is 0 Å². The Morgan fingerprint density at radius 3 is 1.78 bits per heavy atom. The fourth-order valence-electron chi connectivity index (χ4n) is 3.30. The van der Waals surface area contributed by atoms with Gasteiger partial charge in [-0.3, -0.25) is 0 Å². The Bertz CT molecular complexity index is 660. The van der Waals surface area contributed by atoms with Crippen LogP contribution in [0.15, 0.2) is 0 Å². The van der Waals surface area contributed by atoms with Crippen LogP contribution >= 0.6 is 12.0 Å². The number of unbranched alkanes of at least 4 members (excludes halogenated alkanes) is 3. The lowest BCUT2D eigenvalue weighted by Crippen LogP contribution is -2.41. The van der Waals surface area contributed by atoms with Crippen LogP contribution in [0.4, 0.5) is 0 Å². The second-order valence-electron chi connectivity index (χ2n) is 8.58. The molecule has 0 amide bonds. The van der Waals surface area contributed by atoms with Crippen molar-refractivity contribution in [2.45, 2.75) is 72.6 Å². The molecule has 0 aliphatic rings. The van der Waals surface area contributed by atoms with Gasteiger partial charge in [-0.2, -0.15) is 5.48 Å². The molecule has 3 N–H and O–H groups in total. The van der Waals surface area contributed by atoms with Crippen molar-refractivity contribution in [1.82, 2.24) is 25.9 Å². The van der Waals surface area contributed by atoms with Crippen LogP contribution in [0.3, 0.4) is 0 Å². The minimum Gasteiger partial charge on any atom is -0.315 e. The zero-order valence-electron chi connectivity index (χ0n) is 23.3. The highest BCUT2D eigenvalue weighted by Crippen LogP contribution is 2.00. The van der Waals surface area contributed by atoms with Crippen LogP contribution in [-0.4, -0.2) is 81.8 Å². The molecule has 0 radical (unpaired) electrons. The molecule has 0 rings (SSSR count). The second kappa shape index (κ2) is 30.0. The topological polar surface area (TPSA) is 61.0 Å². The monoisotopic (exact) mass is 521 g/mol. The van der Waals surface area contributed by atoms with Crippen LogP contribution in [0.1, 0.15) is 72.6 Å². The summed E-state index contributed by atoms with van der Waals surface area (Å²) in [5.41, 5.74) is 2.77. The third-order valence-electron chi connectivity index (χ3n) is 5.47. The van der Waals surface area contributed by atoms with E-state index in [9.17, 15) is 0 Å². The molecule has 7 nitrogen and oxygen atoms in total. The number of hydroxylamine groups is 1. The average Bonchev–Trinajstić information content (AvgIpc) is 2.89. The maximum atomic E-state index is 4.87. The van der Waals surface area contributed by atoms with Gasteiger partial charge >= 0.3 is 0 Å². The van der Waals surface area contributed by atoms with Gasteiger partial charge in [-0.15, -0.1) is 9.32 Å². The van der Waals surface area contributed by atoms with Gasteiger partial charge in [-0.05, 0) is 76.5 Å². The van der Waals surface area contributed by atoms with E-state index in [1.54, 1.807) is 6.92 Å². The summed E-state index contributed by atoms with van der Waals surface area (Å²) in [4.78, 5) is 10.1. The second-order valence-corrected chi connectivity index (χ2v) is 9.09. The van der Waals surface area contributed by atoms with E-state index >= 15 is 0 Å². The smallest absolute Gasteiger partial charge is 0.124 e. The lowest BCUT2D eigenvalue weighted by molar-refractivity contribution is -0.243. The molecule has 0 aromatic rings. The molecule has 0 saturated heterocycles. The van der Waals surface area contributed by atoms with Crippen LogP contribution in [0.5, 0.6) is 0 Å². The first-order chi connectivity index (χ1) is 17.8. The van der Waals surface area contributed by atoms with E-state index in [-0.39, 0.29) is 0 Å². The van der Waals surface area contributed by atoms with Crippen molar-refractivity contribution in [2.24, 2.45) is 0 Å². The van der Waals surface area contributed by atoms with E-state index in [1.165, 1.54) is 51.6 Å². The van der Waals surface area contributed by atoms with E-state index in [0.717, 1.165) is 70.8 Å². The van der Waals surface area contributed by atoms with Crippen LogP contribution in [0.2, 0.25) is 0 Å². The summed E-state index contributed by atoms with van der Waals surface area (Å²) in [5.74, 6) is 13.1. The summed E-state index contributed by atoms with van der Waals surface area (Å²) in [5, 5.41) is 9.79. The van der Waals surface area contributed by atoms with Gasteiger partial charge in [0, 0.05) is 57.0 Å². The number of hydrogen-bond donors (Lipinski definition) is 3. The number of hydrogen-bond acceptors (Lipinski definition) is 8. The molecule has 8 heteroatoms. The lowest BCUT2D eigenvalue weighted by Gasteiger charge is -2.28. The third-order valence-corrected chi connectivity index (χ3v) is 5.79. The maximum Gasteiger partial charge on any atom is 0.124 e. The van der Waals surface area contributed by atoms with Gasteiger partial charge < -0.3 is 20.4 Å². The SMILES string of the molecule is CC#CC#CC#CSOONCCCNCCN(CCCC)CCN(CCCC)CCNCCCC. The molecule has 0 bridgehead atoms. The normalized spacial score (nSPS) is 10.5. The highest BCUT2D eigenvalue weighted by molar-refractivity contribution is 7.99. The summed E-state index contributed by atoms with van der Waals surface area (Å²) in [6.45, 7) is 20.3. The number of nitrogens with one attached hydrogen (secondary N) is 3. The third kappa shape index (κ3) is 25.8. The first-order valence-electron chi connectivity index (χ1n) is 13.8. The van der Waals surface area contributed by atoms with E-state index in [2.05, 4.69) is 81.5 Å². The Balaban J connectivity index is 3.99. The first-order valence-corrected chi connectivity index (χ1v) is 14.5. The Kier molecular flexibility index (Phi) is 28.9. The van der Waals surface area contributed by atoms with Crippen molar-refractivity contribution < 1.29 is 9.32 Å². The van der Waals surface area contributed by atoms with Gasteiger partial charge in [-0.1, -0.05) is 46.0 Å². The Hall–Kier alpha value is -1.25. The molecule has 0 aliphatic heterocycles. The van der Waals surface area contributed by atoms with Crippen molar-refractivity contribution in [3.05, 3.63) is 0 Å². The van der Waals surface area contributed by atoms with Crippen LogP contribution in [-0.2, 0) is 9.32 Å². The predicted molar refractivity (Wildman–Crippen MR) is 155 cm³/mol. The van der Waals surface area contributed by atoms with Gasteiger partial charge in [0.25, 0.3) is 0 Å². The summed E-state index contributed by atoms with van der Waals surface area (Å²) >= 11 is 0.886. The zero-order valence-corrected chi connectivity index (χ0v) is 24.2. The van der Waals surface area contributed by atoms with Crippen LogP contribution < -0.4 is 16.1 Å². The van der Waals surface area contributed by atoms with Crippen molar-refractivity contribution in [3.8, 4) is 34.9 Å². The van der Waals surface area contributed by atoms with Crippen molar-refractivity contribution in [3.63, 3.8) is 0 Å². The van der Waals surface area contributed by atoms with Crippen molar-refractivity contribution in [1.29, 1.82) is 0 Å². The molecule has 0 saturated carbocycles. The molecule has 0 unspecified atom stereocenters. The fourth-order valence-corrected chi connectivity index (χ4v) is 3.51. The molecular weight excluding hydrogens is 470 g/mol. The van der Waals surface area contributed by atoms with Gasteiger partial charge in [0.05, 0.1) is 0 Å². The number of nitrogens with zero attached hydrogens (tertiary/aromatic N) is 2. The lowest BCUT2D eigenvalue weighted by atomic mass is 10.2. The highest BCUT2D eigenvalue weighted by atomic mass is 32.2. The molecule has 0 aromatic carbocycles. The largest absolute Gasteiger partial charge is 0.315 e. The first kappa shape index (κ1) is 34.8. The molecule has 206 valence electrons. The summed E-state index contributed by atoms with van der Waals surface area (Å²) in [6, 6.07) is 0. The molecule has 36 heavy (non-hydrogen) atoms. The number of rotatable bonds is 25.